The maximum atomic E-state index is 12.3. The number of carbonyl (C=O) groups excluding carboxylic acids is 4. The molecule has 3 rings (SSSR count). The zero-order valence-corrected chi connectivity index (χ0v) is 22.2. The number of nitriles is 1. The lowest BCUT2D eigenvalue weighted by Crippen LogP contribution is -2.43. The van der Waals surface area contributed by atoms with Crippen molar-refractivity contribution in [2.75, 3.05) is 18.7 Å². The van der Waals surface area contributed by atoms with Gasteiger partial charge >= 0.3 is 24.0 Å². The number of anilines is 1. The second-order valence-electron chi connectivity index (χ2n) is 9.09. The summed E-state index contributed by atoms with van der Waals surface area (Å²) in [6, 6.07) is 3.84. The second kappa shape index (κ2) is 12.7. The van der Waals surface area contributed by atoms with Crippen LogP contribution in [0.5, 0.6) is 0 Å². The van der Waals surface area contributed by atoms with Crippen molar-refractivity contribution in [3.63, 3.8) is 0 Å². The van der Waals surface area contributed by atoms with Gasteiger partial charge in [-0.3, -0.25) is 19.7 Å². The highest BCUT2D eigenvalue weighted by Gasteiger charge is 2.60. The third-order valence-electron chi connectivity index (χ3n) is 6.04. The van der Waals surface area contributed by atoms with Crippen LogP contribution in [0.1, 0.15) is 39.8 Å². The van der Waals surface area contributed by atoms with Gasteiger partial charge in [-0.15, -0.1) is 0 Å². The number of rotatable bonds is 10. The van der Waals surface area contributed by atoms with Crippen LogP contribution in [-0.4, -0.2) is 81.5 Å². The third-order valence-corrected chi connectivity index (χ3v) is 6.04. The molecular weight excluding hydrogens is 532 g/mol. The zero-order chi connectivity index (χ0) is 29.6. The van der Waals surface area contributed by atoms with Crippen LogP contribution in [0.25, 0.3) is 5.52 Å². The van der Waals surface area contributed by atoms with Gasteiger partial charge in [0.15, 0.2) is 11.9 Å². The highest BCUT2D eigenvalue weighted by molar-refractivity contribution is 5.88. The van der Waals surface area contributed by atoms with Gasteiger partial charge in [0.25, 0.3) is 0 Å². The van der Waals surface area contributed by atoms with Gasteiger partial charge in [0, 0.05) is 13.3 Å². The summed E-state index contributed by atoms with van der Waals surface area (Å²) in [7, 11) is 0. The molecule has 3 heterocycles. The molecule has 216 valence electrons. The van der Waals surface area contributed by atoms with Gasteiger partial charge in [0.05, 0.1) is 5.69 Å². The number of esters is 3. The lowest BCUT2D eigenvalue weighted by Gasteiger charge is -2.24. The number of aliphatic hydroxyl groups excluding tert-OH is 1. The first kappa shape index (κ1) is 30.2. The predicted octanol–water partition coefficient (Wildman–Crippen LogP) is 0.125. The molecule has 16 nitrogen and oxygen atoms in total. The molecule has 1 aliphatic rings. The largest absolute Gasteiger partial charge is 0.462 e. The highest BCUT2D eigenvalue weighted by Crippen LogP contribution is 2.42. The number of nitrogens with two attached hydrogens (primary N) is 1. The van der Waals surface area contributed by atoms with E-state index in [-0.39, 0.29) is 29.4 Å². The molecule has 2 aromatic heterocycles. The number of amides is 1. The molecular formula is C24H30N6O10. The zero-order valence-electron chi connectivity index (χ0n) is 22.2. The molecule has 1 amide bonds. The van der Waals surface area contributed by atoms with E-state index < -0.39 is 67.4 Å². The lowest BCUT2D eigenvalue weighted by atomic mass is 9.92. The molecule has 2 aromatic rings. The maximum absolute atomic E-state index is 12.3. The van der Waals surface area contributed by atoms with Gasteiger partial charge < -0.3 is 34.5 Å². The summed E-state index contributed by atoms with van der Waals surface area (Å²) in [5.41, 5.74) is 3.86. The Hall–Kier alpha value is -4.33. The van der Waals surface area contributed by atoms with E-state index in [4.69, 9.17) is 24.7 Å². The Morgan fingerprint density at radius 1 is 1.27 bits per heavy atom. The summed E-state index contributed by atoms with van der Waals surface area (Å²) in [5.74, 6) is -2.33. The number of nitrogens with one attached hydrogen (secondary N) is 1. The van der Waals surface area contributed by atoms with Crippen molar-refractivity contribution in [2.45, 2.75) is 64.1 Å². The molecule has 1 aliphatic heterocycles. The highest BCUT2D eigenvalue weighted by atomic mass is 16.7. The standard InChI is InChI=1S/C24H30N6O10/c1-5-17(32)39-19-15(8-36-22(34)18(26)12(2)3)40-24(9-25,20(19)33)16-7-6-14-21(27-10-28-30(14)16)29-23(35)38-11-37-13(4)31/h6-7,10,12,15,18-20,33H,5,8,11,26H2,1-4H3,(H,27,28,29,35)/t15-,18+,19-,20-,24+/m1/s1. The predicted molar refractivity (Wildman–Crippen MR) is 132 cm³/mol. The SMILES string of the molecule is CCC(=O)O[C@H]1[C@@H](O)[C@](C#N)(c2ccc3c(NC(=O)OCOC(C)=O)ncnn23)O[C@@H]1COC(=O)[C@@H](N)C(C)C. The van der Waals surface area contributed by atoms with Crippen LogP contribution in [0.2, 0.25) is 0 Å². The fraction of sp³-hybridized carbons (Fsp3) is 0.542. The van der Waals surface area contributed by atoms with Crippen molar-refractivity contribution in [2.24, 2.45) is 11.7 Å². The smallest absolute Gasteiger partial charge is 0.415 e. The molecule has 0 radical (unpaired) electrons. The van der Waals surface area contributed by atoms with Crippen LogP contribution in [0, 0.1) is 17.2 Å². The number of hydrogen-bond donors (Lipinski definition) is 3. The van der Waals surface area contributed by atoms with E-state index in [9.17, 15) is 29.5 Å². The molecule has 0 aliphatic carbocycles. The summed E-state index contributed by atoms with van der Waals surface area (Å²) in [6.45, 7) is 5.05. The van der Waals surface area contributed by atoms with Gasteiger partial charge in [-0.2, -0.15) is 10.4 Å². The quantitative estimate of drug-likeness (QED) is 0.199. The third kappa shape index (κ3) is 6.28. The van der Waals surface area contributed by atoms with Gasteiger partial charge in [0.1, 0.15) is 42.8 Å². The van der Waals surface area contributed by atoms with Gasteiger partial charge in [-0.1, -0.05) is 20.8 Å². The topological polar surface area (TPSA) is 227 Å². The first-order chi connectivity index (χ1) is 18.9. The Morgan fingerprint density at radius 3 is 2.62 bits per heavy atom. The lowest BCUT2D eigenvalue weighted by molar-refractivity contribution is -0.161. The van der Waals surface area contributed by atoms with Gasteiger partial charge in [-0.05, 0) is 18.1 Å². The number of aliphatic hydroxyl groups is 1. The second-order valence-corrected chi connectivity index (χ2v) is 9.09. The number of hydrogen-bond acceptors (Lipinski definition) is 14. The van der Waals surface area contributed by atoms with Gasteiger partial charge in [0.2, 0.25) is 12.4 Å². The summed E-state index contributed by atoms with van der Waals surface area (Å²) >= 11 is 0. The van der Waals surface area contributed by atoms with Crippen molar-refractivity contribution >= 4 is 35.3 Å². The molecule has 4 N–H and O–H groups in total. The molecule has 0 spiro atoms. The fourth-order valence-corrected chi connectivity index (χ4v) is 3.82. The molecule has 40 heavy (non-hydrogen) atoms. The normalized spacial score (nSPS) is 22.8. The summed E-state index contributed by atoms with van der Waals surface area (Å²) in [5, 5.41) is 28.0. The molecule has 0 bridgehead atoms. The minimum Gasteiger partial charge on any atom is -0.462 e. The molecule has 5 atom stereocenters. The van der Waals surface area contributed by atoms with Crippen LogP contribution in [-0.2, 0) is 43.7 Å². The van der Waals surface area contributed by atoms with Gasteiger partial charge in [-0.25, -0.2) is 14.3 Å². The fourth-order valence-electron chi connectivity index (χ4n) is 3.82. The van der Waals surface area contributed by atoms with Crippen LogP contribution < -0.4 is 11.1 Å². The van der Waals surface area contributed by atoms with Crippen LogP contribution in [0.4, 0.5) is 10.6 Å². The summed E-state index contributed by atoms with van der Waals surface area (Å²) < 4.78 is 27.1. The molecule has 0 aromatic carbocycles. The average molecular weight is 563 g/mol. The van der Waals surface area contributed by atoms with E-state index in [0.717, 1.165) is 13.3 Å². The van der Waals surface area contributed by atoms with Crippen LogP contribution in [0.3, 0.4) is 0 Å². The Kier molecular flexibility index (Phi) is 9.58. The average Bonchev–Trinajstić information content (AvgIpc) is 3.47. The van der Waals surface area contributed by atoms with Crippen molar-refractivity contribution < 1.29 is 48.0 Å². The first-order valence-electron chi connectivity index (χ1n) is 12.2. The minimum atomic E-state index is -2.15. The number of carbonyl (C=O) groups is 4. The number of fused-ring (bicyclic) bond motifs is 1. The van der Waals surface area contributed by atoms with E-state index >= 15 is 0 Å². The minimum absolute atomic E-state index is 0.00138. The molecule has 1 saturated heterocycles. The van der Waals surface area contributed by atoms with Crippen LogP contribution >= 0.6 is 0 Å². The first-order valence-corrected chi connectivity index (χ1v) is 12.2. The van der Waals surface area contributed by atoms with Crippen molar-refractivity contribution in [1.82, 2.24) is 14.6 Å². The number of aromatic nitrogens is 3. The molecule has 0 saturated carbocycles. The van der Waals surface area contributed by atoms with E-state index in [1.54, 1.807) is 20.8 Å². The van der Waals surface area contributed by atoms with Crippen molar-refractivity contribution in [3.8, 4) is 6.07 Å². The molecule has 1 fully saturated rings. The molecule has 16 heteroatoms. The summed E-state index contributed by atoms with van der Waals surface area (Å²) in [6.07, 6.45) is -4.34. The van der Waals surface area contributed by atoms with E-state index in [1.807, 2.05) is 6.07 Å². The van der Waals surface area contributed by atoms with E-state index in [1.165, 1.54) is 16.6 Å². The van der Waals surface area contributed by atoms with Crippen molar-refractivity contribution in [3.05, 3.63) is 24.2 Å². The summed E-state index contributed by atoms with van der Waals surface area (Å²) in [4.78, 5) is 51.4. The van der Waals surface area contributed by atoms with E-state index in [0.29, 0.717) is 0 Å². The Bertz CT molecular complexity index is 1310. The number of ether oxygens (including phenoxy) is 5. The number of nitrogens with zero attached hydrogens (tertiary/aromatic N) is 4. The van der Waals surface area contributed by atoms with Crippen molar-refractivity contribution in [1.29, 1.82) is 5.26 Å². The monoisotopic (exact) mass is 562 g/mol. The Morgan fingerprint density at radius 2 is 2.00 bits per heavy atom. The Labute approximate surface area is 228 Å². The van der Waals surface area contributed by atoms with Crippen LogP contribution in [0.15, 0.2) is 18.5 Å². The molecule has 0 unspecified atom stereocenters. The Balaban J connectivity index is 1.92. The maximum Gasteiger partial charge on any atom is 0.415 e. The van der Waals surface area contributed by atoms with E-state index in [2.05, 4.69) is 20.1 Å².